The standard InChI is InChI=1S/C32H43N3O6/c1-9-40-22-12-14-34(27(18-22)24-11-10-21(30(36)39-8)17-26(24)33-6)19-25-23-13-15-35(31(37)41-32(3,4)5)29(23)20(2)16-28(25)38-7/h10-11,13,15-17,22,27,33H,9,12,14,18-19H2,1-8H3/t22-,27-/m1/s1. The van der Waals surface area contributed by atoms with E-state index in [1.807, 2.05) is 72.0 Å². The van der Waals surface area contributed by atoms with Gasteiger partial charge in [0, 0.05) is 55.6 Å². The van der Waals surface area contributed by atoms with Crippen molar-refractivity contribution in [1.29, 1.82) is 0 Å². The topological polar surface area (TPSA) is 91.3 Å². The average molecular weight is 566 g/mol. The summed E-state index contributed by atoms with van der Waals surface area (Å²) in [5.74, 6) is 0.402. The Bertz CT molecular complexity index is 1410. The van der Waals surface area contributed by atoms with Crippen molar-refractivity contribution in [3.63, 3.8) is 0 Å². The van der Waals surface area contributed by atoms with E-state index in [2.05, 4.69) is 10.2 Å². The van der Waals surface area contributed by atoms with Crippen LogP contribution in [0.3, 0.4) is 0 Å². The largest absolute Gasteiger partial charge is 0.496 e. The molecule has 0 amide bonds. The zero-order valence-electron chi connectivity index (χ0n) is 25.5. The summed E-state index contributed by atoms with van der Waals surface area (Å²) in [5, 5.41) is 4.23. The molecule has 9 heteroatoms. The van der Waals surface area contributed by atoms with E-state index >= 15 is 0 Å². The third-order valence-corrected chi connectivity index (χ3v) is 7.57. The number of likely N-dealkylation sites (tertiary alicyclic amines) is 1. The second-order valence-electron chi connectivity index (χ2n) is 11.4. The molecule has 4 rings (SSSR count). The van der Waals surface area contributed by atoms with Crippen molar-refractivity contribution in [2.75, 3.05) is 39.7 Å². The van der Waals surface area contributed by atoms with E-state index in [4.69, 9.17) is 18.9 Å². The monoisotopic (exact) mass is 565 g/mol. The SMILES string of the molecule is CCO[C@@H]1CCN(Cc2c(OC)cc(C)c3c2ccn3C(=O)OC(C)(C)C)[C@@H](c2ccc(C(=O)OC)cc2NC)C1. The molecule has 1 aliphatic rings. The number of hydrogen-bond acceptors (Lipinski definition) is 8. The number of carbonyl (C=O) groups excluding carboxylic acids is 2. The predicted molar refractivity (Wildman–Crippen MR) is 160 cm³/mol. The third kappa shape index (κ3) is 6.52. The van der Waals surface area contributed by atoms with E-state index in [0.717, 1.165) is 58.4 Å². The summed E-state index contributed by atoms with van der Waals surface area (Å²) in [6.45, 7) is 11.7. The van der Waals surface area contributed by atoms with E-state index in [1.54, 1.807) is 17.9 Å². The lowest BCUT2D eigenvalue weighted by molar-refractivity contribution is -0.0136. The predicted octanol–water partition coefficient (Wildman–Crippen LogP) is 6.31. The molecule has 1 N–H and O–H groups in total. The molecule has 2 atom stereocenters. The van der Waals surface area contributed by atoms with Gasteiger partial charge in [0.25, 0.3) is 0 Å². The van der Waals surface area contributed by atoms with E-state index in [1.165, 1.54) is 7.11 Å². The highest BCUT2D eigenvalue weighted by Gasteiger charge is 2.33. The van der Waals surface area contributed by atoms with Crippen LogP contribution < -0.4 is 10.1 Å². The molecule has 41 heavy (non-hydrogen) atoms. The minimum absolute atomic E-state index is 0.0171. The van der Waals surface area contributed by atoms with Crippen LogP contribution in [0.4, 0.5) is 10.5 Å². The maximum atomic E-state index is 13.1. The smallest absolute Gasteiger partial charge is 0.419 e. The zero-order valence-corrected chi connectivity index (χ0v) is 25.5. The number of hydrogen-bond donors (Lipinski definition) is 1. The molecular weight excluding hydrogens is 522 g/mol. The van der Waals surface area contributed by atoms with Crippen LogP contribution in [-0.4, -0.2) is 67.7 Å². The highest BCUT2D eigenvalue weighted by molar-refractivity contribution is 5.95. The van der Waals surface area contributed by atoms with Crippen LogP contribution in [0.15, 0.2) is 36.5 Å². The Morgan fingerprint density at radius 2 is 1.88 bits per heavy atom. The van der Waals surface area contributed by atoms with Gasteiger partial charge in [-0.1, -0.05) is 6.07 Å². The summed E-state index contributed by atoms with van der Waals surface area (Å²) in [6.07, 6.45) is 3.19. The number of nitrogens with one attached hydrogen (secondary N) is 1. The van der Waals surface area contributed by atoms with Gasteiger partial charge in [-0.2, -0.15) is 0 Å². The van der Waals surface area contributed by atoms with Gasteiger partial charge < -0.3 is 24.3 Å². The van der Waals surface area contributed by atoms with E-state index in [9.17, 15) is 9.59 Å². The maximum Gasteiger partial charge on any atom is 0.419 e. The van der Waals surface area contributed by atoms with Gasteiger partial charge in [0.05, 0.1) is 31.4 Å². The molecule has 0 radical (unpaired) electrons. The van der Waals surface area contributed by atoms with Crippen LogP contribution in [0, 0.1) is 6.92 Å². The van der Waals surface area contributed by atoms with E-state index in [0.29, 0.717) is 18.7 Å². The third-order valence-electron chi connectivity index (χ3n) is 7.57. The number of nitrogens with zero attached hydrogens (tertiary/aromatic N) is 2. The number of rotatable bonds is 8. The molecule has 1 fully saturated rings. The second-order valence-corrected chi connectivity index (χ2v) is 11.4. The minimum Gasteiger partial charge on any atom is -0.496 e. The quantitative estimate of drug-likeness (QED) is 0.318. The lowest BCUT2D eigenvalue weighted by atomic mass is 9.90. The van der Waals surface area contributed by atoms with Crippen molar-refractivity contribution in [2.24, 2.45) is 0 Å². The summed E-state index contributed by atoms with van der Waals surface area (Å²) < 4.78 is 24.2. The Balaban J connectivity index is 1.78. The van der Waals surface area contributed by atoms with Crippen LogP contribution in [0.5, 0.6) is 5.75 Å². The molecule has 0 aliphatic carbocycles. The molecular formula is C32H43N3O6. The molecule has 2 aromatic carbocycles. The molecule has 222 valence electrons. The van der Waals surface area contributed by atoms with Crippen LogP contribution in [0.2, 0.25) is 0 Å². The Morgan fingerprint density at radius 3 is 2.51 bits per heavy atom. The molecule has 9 nitrogen and oxygen atoms in total. The number of esters is 1. The fraction of sp³-hybridized carbons (Fsp3) is 0.500. The van der Waals surface area contributed by atoms with Crippen molar-refractivity contribution in [3.05, 3.63) is 58.8 Å². The summed E-state index contributed by atoms with van der Waals surface area (Å²) >= 11 is 0. The van der Waals surface area contributed by atoms with Crippen LogP contribution in [0.1, 0.15) is 73.6 Å². The number of anilines is 1. The van der Waals surface area contributed by atoms with E-state index in [-0.39, 0.29) is 18.1 Å². The number of ether oxygens (including phenoxy) is 4. The average Bonchev–Trinajstić information content (AvgIpc) is 3.40. The number of benzene rings is 2. The molecule has 1 aromatic heterocycles. The molecule has 2 heterocycles. The van der Waals surface area contributed by atoms with Gasteiger partial charge in [0.15, 0.2) is 0 Å². The van der Waals surface area contributed by atoms with Crippen molar-refractivity contribution in [3.8, 4) is 5.75 Å². The first kappa shape index (κ1) is 30.4. The van der Waals surface area contributed by atoms with Crippen molar-refractivity contribution in [2.45, 2.75) is 71.8 Å². The summed E-state index contributed by atoms with van der Waals surface area (Å²) in [5.41, 5.74) is 4.59. The molecule has 0 unspecified atom stereocenters. The molecule has 0 spiro atoms. The fourth-order valence-electron chi connectivity index (χ4n) is 5.76. The Labute approximate surface area is 242 Å². The number of aromatic nitrogens is 1. The first-order valence-corrected chi connectivity index (χ1v) is 14.2. The second kappa shape index (κ2) is 12.5. The van der Waals surface area contributed by atoms with Gasteiger partial charge >= 0.3 is 12.1 Å². The Kier molecular flexibility index (Phi) is 9.29. The van der Waals surface area contributed by atoms with Gasteiger partial charge in [-0.05, 0) is 82.9 Å². The van der Waals surface area contributed by atoms with Gasteiger partial charge in [0.1, 0.15) is 11.4 Å². The molecule has 1 aliphatic heterocycles. The van der Waals surface area contributed by atoms with Crippen molar-refractivity contribution < 1.29 is 28.5 Å². The van der Waals surface area contributed by atoms with Crippen LogP contribution in [-0.2, 0) is 20.8 Å². The first-order valence-electron chi connectivity index (χ1n) is 14.2. The van der Waals surface area contributed by atoms with Gasteiger partial charge in [-0.25, -0.2) is 9.59 Å². The van der Waals surface area contributed by atoms with Crippen LogP contribution in [0.25, 0.3) is 10.9 Å². The number of fused-ring (bicyclic) bond motifs is 1. The lowest BCUT2D eigenvalue weighted by Crippen LogP contribution is -2.39. The fourth-order valence-corrected chi connectivity index (χ4v) is 5.76. The highest BCUT2D eigenvalue weighted by Crippen LogP contribution is 2.40. The lowest BCUT2D eigenvalue weighted by Gasteiger charge is -2.40. The molecule has 0 bridgehead atoms. The maximum absolute atomic E-state index is 13.1. The van der Waals surface area contributed by atoms with Crippen molar-refractivity contribution >= 4 is 28.7 Å². The zero-order chi connectivity index (χ0) is 29.9. The van der Waals surface area contributed by atoms with E-state index < -0.39 is 11.7 Å². The van der Waals surface area contributed by atoms with Gasteiger partial charge in [-0.15, -0.1) is 0 Å². The Hall–Kier alpha value is -3.56. The van der Waals surface area contributed by atoms with Crippen molar-refractivity contribution in [1.82, 2.24) is 9.47 Å². The molecule has 1 saturated heterocycles. The summed E-state index contributed by atoms with van der Waals surface area (Å²) in [7, 11) is 4.92. The molecule has 0 saturated carbocycles. The first-order chi connectivity index (χ1) is 19.5. The minimum atomic E-state index is -0.608. The number of aryl methyl sites for hydroxylation is 1. The summed E-state index contributed by atoms with van der Waals surface area (Å²) in [4.78, 5) is 27.8. The Morgan fingerprint density at radius 1 is 1.12 bits per heavy atom. The van der Waals surface area contributed by atoms with Crippen LogP contribution >= 0.6 is 0 Å². The normalized spacial score (nSPS) is 17.9. The van der Waals surface area contributed by atoms with Gasteiger partial charge in [0.2, 0.25) is 0 Å². The van der Waals surface area contributed by atoms with Gasteiger partial charge in [-0.3, -0.25) is 9.47 Å². The number of methoxy groups -OCH3 is 2. The number of carbonyl (C=O) groups is 2. The molecule has 3 aromatic rings. The highest BCUT2D eigenvalue weighted by atomic mass is 16.6. The number of piperidine rings is 1. The summed E-state index contributed by atoms with van der Waals surface area (Å²) in [6, 6.07) is 9.64.